The van der Waals surface area contributed by atoms with Gasteiger partial charge in [-0.15, -0.1) is 0 Å². The lowest BCUT2D eigenvalue weighted by molar-refractivity contribution is 1.10. The standard InChI is InChI=1S/C52H48N2/c1-5-45-17-13-15-39(3)51(45)53(47-19-9-7-10-20-47)49-35-31-43(32-36-49)29-27-41-23-25-42(26-24-41)28-30-44-33-37-50(38-34-44)54(48-21-11-8-12-22-48)52-40(4)16-14-18-46(52)6-2/h7-38H,5-6H2,1-4H3/b29-27+,30-28+. The van der Waals surface area contributed by atoms with Crippen molar-refractivity contribution in [2.45, 2.75) is 40.5 Å². The first-order valence-electron chi connectivity index (χ1n) is 19.1. The SMILES string of the molecule is CCc1cccc(C)c1N(c1ccccc1)c1ccc(/C=C/c2ccc(/C=C/c3ccc(N(c4ccccc4)c4c(C)cccc4CC)cc3)cc2)cc1. The number of nitrogens with zero attached hydrogens (tertiary/aromatic N) is 2. The Morgan fingerprint density at radius 3 is 0.944 bits per heavy atom. The Morgan fingerprint density at radius 2 is 0.630 bits per heavy atom. The Balaban J connectivity index is 1.05. The number of aryl methyl sites for hydroxylation is 4. The summed E-state index contributed by atoms with van der Waals surface area (Å²) in [6, 6.07) is 61.0. The molecule has 7 aromatic rings. The van der Waals surface area contributed by atoms with Crippen LogP contribution in [0.2, 0.25) is 0 Å². The van der Waals surface area contributed by atoms with Crippen molar-refractivity contribution in [3.63, 3.8) is 0 Å². The van der Waals surface area contributed by atoms with Gasteiger partial charge in [0.05, 0.1) is 11.4 Å². The molecule has 54 heavy (non-hydrogen) atoms. The fraction of sp³-hybridized carbons (Fsp3) is 0.115. The van der Waals surface area contributed by atoms with Crippen LogP contribution in [0.5, 0.6) is 0 Å². The summed E-state index contributed by atoms with van der Waals surface area (Å²) in [7, 11) is 0. The number of hydrogen-bond acceptors (Lipinski definition) is 2. The molecule has 266 valence electrons. The number of para-hydroxylation sites is 4. The average Bonchev–Trinajstić information content (AvgIpc) is 3.22. The maximum atomic E-state index is 2.38. The zero-order valence-corrected chi connectivity index (χ0v) is 31.8. The van der Waals surface area contributed by atoms with Crippen LogP contribution in [0, 0.1) is 13.8 Å². The third-order valence-electron chi connectivity index (χ3n) is 10.1. The lowest BCUT2D eigenvalue weighted by Crippen LogP contribution is -2.13. The molecule has 0 aliphatic heterocycles. The van der Waals surface area contributed by atoms with E-state index < -0.39 is 0 Å². The summed E-state index contributed by atoms with van der Waals surface area (Å²) < 4.78 is 0. The van der Waals surface area contributed by atoms with Crippen molar-refractivity contribution in [3.8, 4) is 0 Å². The second-order valence-corrected chi connectivity index (χ2v) is 13.7. The lowest BCUT2D eigenvalue weighted by Gasteiger charge is -2.29. The van der Waals surface area contributed by atoms with Gasteiger partial charge in [-0.05, 0) is 120 Å². The first kappa shape index (κ1) is 36.0. The number of rotatable bonds is 12. The molecule has 2 heteroatoms. The number of anilines is 6. The predicted octanol–water partition coefficient (Wildman–Crippen LogP) is 14.7. The third kappa shape index (κ3) is 8.14. The van der Waals surface area contributed by atoms with Gasteiger partial charge < -0.3 is 9.80 Å². The molecule has 2 nitrogen and oxygen atoms in total. The van der Waals surface area contributed by atoms with E-state index >= 15 is 0 Å². The van der Waals surface area contributed by atoms with E-state index in [1.807, 2.05) is 0 Å². The highest BCUT2D eigenvalue weighted by Gasteiger charge is 2.18. The van der Waals surface area contributed by atoms with Crippen molar-refractivity contribution < 1.29 is 0 Å². The fourth-order valence-electron chi connectivity index (χ4n) is 7.19. The molecule has 0 aromatic heterocycles. The fourth-order valence-corrected chi connectivity index (χ4v) is 7.19. The summed E-state index contributed by atoms with van der Waals surface area (Å²) in [5.74, 6) is 0. The molecule has 0 aliphatic rings. The van der Waals surface area contributed by atoms with Crippen LogP contribution in [0.4, 0.5) is 34.1 Å². The van der Waals surface area contributed by atoms with E-state index in [0.717, 1.165) is 35.6 Å². The molecule has 0 amide bonds. The molecule has 0 bridgehead atoms. The van der Waals surface area contributed by atoms with Crippen LogP contribution in [-0.2, 0) is 12.8 Å². The van der Waals surface area contributed by atoms with Crippen LogP contribution < -0.4 is 9.80 Å². The highest BCUT2D eigenvalue weighted by molar-refractivity contribution is 5.83. The minimum Gasteiger partial charge on any atom is -0.310 e. The molecule has 7 rings (SSSR count). The normalized spacial score (nSPS) is 11.3. The van der Waals surface area contributed by atoms with Gasteiger partial charge in [0.1, 0.15) is 0 Å². The molecule has 0 radical (unpaired) electrons. The van der Waals surface area contributed by atoms with Crippen molar-refractivity contribution in [2.24, 2.45) is 0 Å². The first-order valence-corrected chi connectivity index (χ1v) is 19.1. The summed E-state index contributed by atoms with van der Waals surface area (Å²) in [5, 5.41) is 0. The minimum absolute atomic E-state index is 0.978. The highest BCUT2D eigenvalue weighted by atomic mass is 15.2. The second kappa shape index (κ2) is 17.0. The topological polar surface area (TPSA) is 6.48 Å². The van der Waals surface area contributed by atoms with Gasteiger partial charge in [-0.25, -0.2) is 0 Å². The van der Waals surface area contributed by atoms with E-state index in [4.69, 9.17) is 0 Å². The van der Waals surface area contributed by atoms with E-state index in [0.29, 0.717) is 0 Å². The first-order chi connectivity index (χ1) is 26.5. The smallest absolute Gasteiger partial charge is 0.0522 e. The van der Waals surface area contributed by atoms with E-state index in [1.165, 1.54) is 55.9 Å². The quantitative estimate of drug-likeness (QED) is 0.117. The van der Waals surface area contributed by atoms with Crippen LogP contribution in [-0.4, -0.2) is 0 Å². The van der Waals surface area contributed by atoms with Gasteiger partial charge in [0.2, 0.25) is 0 Å². The largest absolute Gasteiger partial charge is 0.310 e. The predicted molar refractivity (Wildman–Crippen MR) is 235 cm³/mol. The Bertz CT molecular complexity index is 2170. The molecule has 0 saturated carbocycles. The average molecular weight is 701 g/mol. The Kier molecular flexibility index (Phi) is 11.3. The van der Waals surface area contributed by atoms with E-state index in [1.54, 1.807) is 0 Å². The van der Waals surface area contributed by atoms with Crippen molar-refractivity contribution >= 4 is 58.4 Å². The minimum atomic E-state index is 0.978. The van der Waals surface area contributed by atoms with Crippen molar-refractivity contribution in [2.75, 3.05) is 9.80 Å². The van der Waals surface area contributed by atoms with E-state index in [-0.39, 0.29) is 0 Å². The molecule has 0 unspecified atom stereocenters. The monoisotopic (exact) mass is 700 g/mol. The van der Waals surface area contributed by atoms with Gasteiger partial charge in [0.25, 0.3) is 0 Å². The Morgan fingerprint density at radius 1 is 0.333 bits per heavy atom. The summed E-state index contributed by atoms with van der Waals surface area (Å²) >= 11 is 0. The molecule has 7 aromatic carbocycles. The second-order valence-electron chi connectivity index (χ2n) is 13.7. The zero-order chi connectivity index (χ0) is 37.3. The van der Waals surface area contributed by atoms with Crippen molar-refractivity contribution in [1.82, 2.24) is 0 Å². The molecule has 0 N–H and O–H groups in total. The van der Waals surface area contributed by atoms with E-state index in [9.17, 15) is 0 Å². The molecular formula is C52H48N2. The van der Waals surface area contributed by atoms with E-state index in [2.05, 4.69) is 232 Å². The summed E-state index contributed by atoms with van der Waals surface area (Å²) in [4.78, 5) is 4.77. The van der Waals surface area contributed by atoms with Crippen LogP contribution in [0.25, 0.3) is 24.3 Å². The molecule has 0 spiro atoms. The summed E-state index contributed by atoms with van der Waals surface area (Å²) in [6.45, 7) is 8.86. The van der Waals surface area contributed by atoms with Crippen molar-refractivity contribution in [3.05, 3.63) is 214 Å². The molecule has 0 atom stereocenters. The summed E-state index contributed by atoms with van der Waals surface area (Å²) in [5.41, 5.74) is 17.0. The lowest BCUT2D eigenvalue weighted by atomic mass is 10.0. The Labute approximate surface area is 322 Å². The molecule has 0 saturated heterocycles. The van der Waals surface area contributed by atoms with Crippen LogP contribution in [0.1, 0.15) is 58.4 Å². The van der Waals surface area contributed by atoms with Gasteiger partial charge in [-0.3, -0.25) is 0 Å². The highest BCUT2D eigenvalue weighted by Crippen LogP contribution is 2.40. The van der Waals surface area contributed by atoms with Crippen LogP contribution in [0.15, 0.2) is 170 Å². The van der Waals surface area contributed by atoms with Gasteiger partial charge in [0, 0.05) is 22.7 Å². The van der Waals surface area contributed by atoms with Crippen LogP contribution >= 0.6 is 0 Å². The zero-order valence-electron chi connectivity index (χ0n) is 31.8. The van der Waals surface area contributed by atoms with Gasteiger partial charge >= 0.3 is 0 Å². The van der Waals surface area contributed by atoms with Crippen molar-refractivity contribution in [1.29, 1.82) is 0 Å². The third-order valence-corrected chi connectivity index (χ3v) is 10.1. The maximum absolute atomic E-state index is 2.38. The summed E-state index contributed by atoms with van der Waals surface area (Å²) in [6.07, 6.45) is 10.7. The molecule has 0 aliphatic carbocycles. The van der Waals surface area contributed by atoms with Crippen LogP contribution in [0.3, 0.4) is 0 Å². The number of benzene rings is 7. The Hall–Kier alpha value is -6.38. The molecular weight excluding hydrogens is 653 g/mol. The van der Waals surface area contributed by atoms with Gasteiger partial charge in [-0.2, -0.15) is 0 Å². The number of hydrogen-bond donors (Lipinski definition) is 0. The molecule has 0 fully saturated rings. The molecule has 0 heterocycles. The maximum Gasteiger partial charge on any atom is 0.0522 e. The van der Waals surface area contributed by atoms with Gasteiger partial charge in [-0.1, -0.05) is 159 Å². The van der Waals surface area contributed by atoms with Gasteiger partial charge in [0.15, 0.2) is 0 Å².